The number of carbonyl (C=O) groups excluding carboxylic acids is 1. The number of methoxy groups -OCH3 is 1. The Morgan fingerprint density at radius 3 is 2.42 bits per heavy atom. The number of hydrogen-bond acceptors (Lipinski definition) is 4. The van der Waals surface area contributed by atoms with Gasteiger partial charge in [0.2, 0.25) is 0 Å². The van der Waals surface area contributed by atoms with Crippen LogP contribution in [0.1, 0.15) is 21.5 Å². The van der Waals surface area contributed by atoms with Crippen LogP contribution >= 0.6 is 11.6 Å². The van der Waals surface area contributed by atoms with Crippen molar-refractivity contribution in [2.75, 3.05) is 7.11 Å². The molecule has 0 atom stereocenters. The van der Waals surface area contributed by atoms with Gasteiger partial charge >= 0.3 is 0 Å². The average Bonchev–Trinajstić information content (AvgIpc) is 3.39. The van der Waals surface area contributed by atoms with Crippen LogP contribution in [-0.2, 0) is 6.61 Å². The van der Waals surface area contributed by atoms with E-state index in [1.165, 1.54) is 0 Å². The van der Waals surface area contributed by atoms with E-state index in [4.69, 9.17) is 21.1 Å². The second kappa shape index (κ2) is 10.5. The van der Waals surface area contributed by atoms with Crippen LogP contribution in [0.3, 0.4) is 0 Å². The first-order valence-corrected chi connectivity index (χ1v) is 10.6. The zero-order valence-electron chi connectivity index (χ0n) is 17.9. The molecule has 0 radical (unpaired) electrons. The first-order valence-electron chi connectivity index (χ1n) is 10.2. The van der Waals surface area contributed by atoms with Crippen molar-refractivity contribution in [2.24, 2.45) is 5.10 Å². The first kappa shape index (κ1) is 22.2. The van der Waals surface area contributed by atoms with Crippen LogP contribution in [0.15, 0.2) is 96.4 Å². The number of halogens is 1. The zero-order chi connectivity index (χ0) is 23.0. The Morgan fingerprint density at radius 1 is 1.00 bits per heavy atom. The molecule has 0 aliphatic rings. The Labute approximate surface area is 197 Å². The SMILES string of the molecule is COc1cc(C=NNC(=O)c2ccc(-n3cccc3)cc2)ccc1OCc1ccc(Cl)cc1. The Bertz CT molecular complexity index is 1240. The second-order valence-corrected chi connectivity index (χ2v) is 7.60. The van der Waals surface area contributed by atoms with Gasteiger partial charge in [-0.05, 0) is 77.9 Å². The van der Waals surface area contributed by atoms with Crippen LogP contribution in [0.25, 0.3) is 5.69 Å². The first-order chi connectivity index (χ1) is 16.1. The van der Waals surface area contributed by atoms with Crippen molar-refractivity contribution >= 4 is 23.7 Å². The summed E-state index contributed by atoms with van der Waals surface area (Å²) in [6.45, 7) is 0.389. The molecule has 1 aromatic heterocycles. The Morgan fingerprint density at radius 2 is 1.73 bits per heavy atom. The quantitative estimate of drug-likeness (QED) is 0.280. The third-order valence-electron chi connectivity index (χ3n) is 4.91. The standard InChI is InChI=1S/C26H22ClN3O3/c1-32-25-16-20(6-13-24(25)33-18-19-4-9-22(27)10-5-19)17-28-29-26(31)21-7-11-23(12-8-21)30-14-2-3-15-30/h2-17H,18H2,1H3,(H,29,31). The highest BCUT2D eigenvalue weighted by molar-refractivity contribution is 6.30. The highest BCUT2D eigenvalue weighted by atomic mass is 35.5. The minimum absolute atomic E-state index is 0.291. The highest BCUT2D eigenvalue weighted by Gasteiger charge is 2.07. The zero-order valence-corrected chi connectivity index (χ0v) is 18.7. The van der Waals surface area contributed by atoms with Crippen molar-refractivity contribution in [3.8, 4) is 17.2 Å². The monoisotopic (exact) mass is 459 g/mol. The molecule has 1 amide bonds. The van der Waals surface area contributed by atoms with Crippen LogP contribution in [0.4, 0.5) is 0 Å². The fraction of sp³-hybridized carbons (Fsp3) is 0.0769. The lowest BCUT2D eigenvalue weighted by Gasteiger charge is -2.11. The molecule has 3 aromatic carbocycles. The molecule has 0 spiro atoms. The number of nitrogens with one attached hydrogen (secondary N) is 1. The summed E-state index contributed by atoms with van der Waals surface area (Å²) < 4.78 is 13.3. The Kier molecular flexibility index (Phi) is 7.07. The lowest BCUT2D eigenvalue weighted by Crippen LogP contribution is -2.17. The normalized spacial score (nSPS) is 10.8. The van der Waals surface area contributed by atoms with E-state index in [0.717, 1.165) is 16.8 Å². The largest absolute Gasteiger partial charge is 0.493 e. The van der Waals surface area contributed by atoms with Crippen molar-refractivity contribution in [1.29, 1.82) is 0 Å². The molecule has 0 aliphatic carbocycles. The molecule has 0 bridgehead atoms. The number of aromatic nitrogens is 1. The number of ether oxygens (including phenoxy) is 2. The molecule has 0 unspecified atom stereocenters. The summed E-state index contributed by atoms with van der Waals surface area (Å²) in [5, 5.41) is 4.74. The molecule has 33 heavy (non-hydrogen) atoms. The van der Waals surface area contributed by atoms with E-state index in [1.54, 1.807) is 37.6 Å². The van der Waals surface area contributed by atoms with Gasteiger partial charge in [0.25, 0.3) is 5.91 Å². The summed E-state index contributed by atoms with van der Waals surface area (Å²) in [7, 11) is 1.57. The Balaban J connectivity index is 1.35. The maximum Gasteiger partial charge on any atom is 0.271 e. The van der Waals surface area contributed by atoms with E-state index in [2.05, 4.69) is 10.5 Å². The lowest BCUT2D eigenvalue weighted by molar-refractivity contribution is 0.0955. The summed E-state index contributed by atoms with van der Waals surface area (Å²) in [6, 6.07) is 24.1. The number of carbonyl (C=O) groups is 1. The molecule has 1 heterocycles. The number of benzene rings is 3. The molecule has 6 nitrogen and oxygen atoms in total. The van der Waals surface area contributed by atoms with Crippen LogP contribution in [0.5, 0.6) is 11.5 Å². The van der Waals surface area contributed by atoms with Crippen molar-refractivity contribution in [3.05, 3.63) is 113 Å². The Hall–Kier alpha value is -4.03. The van der Waals surface area contributed by atoms with Gasteiger partial charge in [0.05, 0.1) is 13.3 Å². The van der Waals surface area contributed by atoms with Gasteiger partial charge in [-0.2, -0.15) is 5.10 Å². The highest BCUT2D eigenvalue weighted by Crippen LogP contribution is 2.28. The lowest BCUT2D eigenvalue weighted by atomic mass is 10.2. The number of nitrogens with zero attached hydrogens (tertiary/aromatic N) is 2. The van der Waals surface area contributed by atoms with Gasteiger partial charge in [0, 0.05) is 28.7 Å². The average molecular weight is 460 g/mol. The van der Waals surface area contributed by atoms with Crippen molar-refractivity contribution in [2.45, 2.75) is 6.61 Å². The number of amides is 1. The van der Waals surface area contributed by atoms with Crippen LogP contribution in [0.2, 0.25) is 5.02 Å². The summed E-state index contributed by atoms with van der Waals surface area (Å²) in [5.41, 5.74) is 5.80. The van der Waals surface area contributed by atoms with Gasteiger partial charge in [-0.15, -0.1) is 0 Å². The van der Waals surface area contributed by atoms with E-state index in [1.807, 2.05) is 71.6 Å². The number of rotatable bonds is 8. The molecule has 7 heteroatoms. The molecule has 0 saturated heterocycles. The molecule has 0 saturated carbocycles. The molecular formula is C26H22ClN3O3. The van der Waals surface area contributed by atoms with Crippen molar-refractivity contribution in [1.82, 2.24) is 9.99 Å². The van der Waals surface area contributed by atoms with Crippen molar-refractivity contribution < 1.29 is 14.3 Å². The smallest absolute Gasteiger partial charge is 0.271 e. The van der Waals surface area contributed by atoms with Gasteiger partial charge in [0.1, 0.15) is 6.61 Å². The predicted octanol–water partition coefficient (Wildman–Crippen LogP) is 5.48. The van der Waals surface area contributed by atoms with Crippen molar-refractivity contribution in [3.63, 3.8) is 0 Å². The molecule has 166 valence electrons. The second-order valence-electron chi connectivity index (χ2n) is 7.16. The third kappa shape index (κ3) is 5.81. The van der Waals surface area contributed by atoms with Gasteiger partial charge in [-0.25, -0.2) is 5.43 Å². The topological polar surface area (TPSA) is 64.8 Å². The summed E-state index contributed by atoms with van der Waals surface area (Å²) in [4.78, 5) is 12.4. The molecule has 4 aromatic rings. The van der Waals surface area contributed by atoms with E-state index >= 15 is 0 Å². The summed E-state index contributed by atoms with van der Waals surface area (Å²) in [5.74, 6) is 0.886. The van der Waals surface area contributed by atoms with E-state index in [-0.39, 0.29) is 5.91 Å². The minimum atomic E-state index is -0.291. The molecule has 0 aliphatic heterocycles. The van der Waals surface area contributed by atoms with Gasteiger partial charge in [-0.3, -0.25) is 4.79 Å². The maximum atomic E-state index is 12.4. The van der Waals surface area contributed by atoms with E-state index in [0.29, 0.717) is 28.7 Å². The third-order valence-corrected chi connectivity index (χ3v) is 5.16. The van der Waals surface area contributed by atoms with Crippen LogP contribution < -0.4 is 14.9 Å². The maximum absolute atomic E-state index is 12.4. The van der Waals surface area contributed by atoms with Gasteiger partial charge in [-0.1, -0.05) is 23.7 Å². The molecule has 4 rings (SSSR count). The fourth-order valence-corrected chi connectivity index (χ4v) is 3.27. The van der Waals surface area contributed by atoms with Gasteiger partial charge in [0.15, 0.2) is 11.5 Å². The predicted molar refractivity (Wildman–Crippen MR) is 130 cm³/mol. The fourth-order valence-electron chi connectivity index (χ4n) is 3.15. The minimum Gasteiger partial charge on any atom is -0.493 e. The number of hydrazone groups is 1. The summed E-state index contributed by atoms with van der Waals surface area (Å²) in [6.07, 6.45) is 5.45. The van der Waals surface area contributed by atoms with Crippen LogP contribution in [0, 0.1) is 0 Å². The number of hydrogen-bond donors (Lipinski definition) is 1. The molecule has 1 N–H and O–H groups in total. The summed E-state index contributed by atoms with van der Waals surface area (Å²) >= 11 is 5.92. The van der Waals surface area contributed by atoms with E-state index in [9.17, 15) is 4.79 Å². The molecule has 0 fully saturated rings. The van der Waals surface area contributed by atoms with Crippen LogP contribution in [-0.4, -0.2) is 23.8 Å². The van der Waals surface area contributed by atoms with E-state index < -0.39 is 0 Å². The van der Waals surface area contributed by atoms with Gasteiger partial charge < -0.3 is 14.0 Å². The molecular weight excluding hydrogens is 438 g/mol.